The van der Waals surface area contributed by atoms with Gasteiger partial charge >= 0.3 is 6.03 Å². The molecule has 1 saturated heterocycles. The van der Waals surface area contributed by atoms with Gasteiger partial charge < -0.3 is 15.0 Å². The van der Waals surface area contributed by atoms with E-state index in [9.17, 15) is 9.18 Å². The maximum atomic E-state index is 13.8. The Hall–Kier alpha value is -2.64. The van der Waals surface area contributed by atoms with Crippen LogP contribution in [-0.2, 0) is 0 Å². The van der Waals surface area contributed by atoms with Crippen molar-refractivity contribution in [3.05, 3.63) is 41.2 Å². The Morgan fingerprint density at radius 2 is 2.15 bits per heavy atom. The molecule has 140 valence electrons. The van der Waals surface area contributed by atoms with Crippen LogP contribution in [0.4, 0.5) is 9.18 Å². The fourth-order valence-electron chi connectivity index (χ4n) is 3.20. The van der Waals surface area contributed by atoms with Crippen LogP contribution in [0.2, 0.25) is 0 Å². The molecule has 0 saturated carbocycles. The van der Waals surface area contributed by atoms with E-state index in [0.29, 0.717) is 18.7 Å². The third kappa shape index (κ3) is 3.95. The number of aryl methyl sites for hydroxylation is 1. The van der Waals surface area contributed by atoms with Gasteiger partial charge in [0.15, 0.2) is 17.4 Å². The molecule has 1 aromatic heterocycles. The predicted octanol–water partition coefficient (Wildman–Crippen LogP) is 2.91. The molecule has 1 atom stereocenters. The second-order valence-corrected chi connectivity index (χ2v) is 6.61. The van der Waals surface area contributed by atoms with Gasteiger partial charge in [0.05, 0.1) is 13.2 Å². The zero-order chi connectivity index (χ0) is 18.7. The minimum Gasteiger partial charge on any atom is -0.494 e. The summed E-state index contributed by atoms with van der Waals surface area (Å²) in [6.45, 7) is 5.01. The minimum absolute atomic E-state index is 0.140. The number of rotatable bonds is 4. The number of hydrogen-bond donors (Lipinski definition) is 2. The summed E-state index contributed by atoms with van der Waals surface area (Å²) >= 11 is 0. The number of carbonyl (C=O) groups is 1. The van der Waals surface area contributed by atoms with Gasteiger partial charge in [0.1, 0.15) is 5.82 Å². The Balaban J connectivity index is 1.54. The van der Waals surface area contributed by atoms with Crippen LogP contribution in [-0.4, -0.2) is 46.3 Å². The number of amides is 2. The monoisotopic (exact) mass is 361 g/mol. The smallest absolute Gasteiger partial charge is 0.317 e. The number of piperidine rings is 1. The van der Waals surface area contributed by atoms with E-state index in [1.54, 1.807) is 17.0 Å². The van der Waals surface area contributed by atoms with Crippen LogP contribution < -0.4 is 10.1 Å². The molecule has 0 aliphatic carbocycles. The van der Waals surface area contributed by atoms with E-state index in [-0.39, 0.29) is 23.7 Å². The number of benzene rings is 1. The molecule has 0 radical (unpaired) electrons. The van der Waals surface area contributed by atoms with Crippen molar-refractivity contribution in [2.75, 3.05) is 20.2 Å². The molecular formula is C18H24FN5O2. The van der Waals surface area contributed by atoms with Crippen molar-refractivity contribution in [1.29, 1.82) is 0 Å². The first-order chi connectivity index (χ1) is 12.5. The molecule has 2 amide bonds. The highest BCUT2D eigenvalue weighted by Gasteiger charge is 2.26. The van der Waals surface area contributed by atoms with E-state index in [1.807, 2.05) is 13.8 Å². The molecule has 2 N–H and O–H groups in total. The summed E-state index contributed by atoms with van der Waals surface area (Å²) in [6.07, 6.45) is 1.66. The maximum absolute atomic E-state index is 13.8. The average molecular weight is 361 g/mol. The van der Waals surface area contributed by atoms with Crippen LogP contribution in [0.5, 0.6) is 5.75 Å². The molecule has 1 aliphatic rings. The van der Waals surface area contributed by atoms with E-state index in [0.717, 1.165) is 24.5 Å². The molecule has 2 heterocycles. The lowest BCUT2D eigenvalue weighted by Gasteiger charge is -2.31. The zero-order valence-electron chi connectivity index (χ0n) is 15.3. The zero-order valence-corrected chi connectivity index (χ0v) is 15.3. The van der Waals surface area contributed by atoms with Crippen molar-refractivity contribution in [1.82, 2.24) is 25.4 Å². The molecule has 7 nitrogen and oxygen atoms in total. The van der Waals surface area contributed by atoms with Crippen molar-refractivity contribution in [3.63, 3.8) is 0 Å². The number of nitrogens with zero attached hydrogens (tertiary/aromatic N) is 3. The van der Waals surface area contributed by atoms with E-state index < -0.39 is 5.82 Å². The highest BCUT2D eigenvalue weighted by Crippen LogP contribution is 2.26. The highest BCUT2D eigenvalue weighted by molar-refractivity contribution is 5.74. The fourth-order valence-corrected chi connectivity index (χ4v) is 3.20. The van der Waals surface area contributed by atoms with Gasteiger partial charge in [-0.3, -0.25) is 5.10 Å². The lowest BCUT2D eigenvalue weighted by molar-refractivity contribution is 0.177. The van der Waals surface area contributed by atoms with Gasteiger partial charge in [-0.1, -0.05) is 6.07 Å². The first kappa shape index (κ1) is 18.2. The highest BCUT2D eigenvalue weighted by atomic mass is 19.1. The average Bonchev–Trinajstić information content (AvgIpc) is 3.08. The fraction of sp³-hybridized carbons (Fsp3) is 0.500. The number of nitrogens with one attached hydrogen (secondary N) is 2. The van der Waals surface area contributed by atoms with Gasteiger partial charge in [-0.2, -0.15) is 5.10 Å². The number of aromatic amines is 1. The van der Waals surface area contributed by atoms with Crippen molar-refractivity contribution in [2.24, 2.45) is 0 Å². The van der Waals surface area contributed by atoms with Crippen LogP contribution in [0.15, 0.2) is 18.2 Å². The summed E-state index contributed by atoms with van der Waals surface area (Å²) < 4.78 is 18.8. The van der Waals surface area contributed by atoms with E-state index in [2.05, 4.69) is 20.5 Å². The number of H-pyrrole nitrogens is 1. The SMILES string of the molecule is COc1ccc(C(C)NC(=O)N2CCC(c3n[nH]c(C)n3)CC2)cc1F. The number of halogens is 1. The van der Waals surface area contributed by atoms with Gasteiger partial charge in [0.25, 0.3) is 0 Å². The van der Waals surface area contributed by atoms with Crippen LogP contribution in [0.3, 0.4) is 0 Å². The van der Waals surface area contributed by atoms with Gasteiger partial charge in [-0.05, 0) is 44.4 Å². The molecule has 26 heavy (non-hydrogen) atoms. The first-order valence-electron chi connectivity index (χ1n) is 8.75. The third-order valence-electron chi connectivity index (χ3n) is 4.78. The predicted molar refractivity (Wildman–Crippen MR) is 94.6 cm³/mol. The van der Waals surface area contributed by atoms with Crippen molar-refractivity contribution in [3.8, 4) is 5.75 Å². The molecule has 0 bridgehead atoms. The van der Waals surface area contributed by atoms with Gasteiger partial charge in [-0.15, -0.1) is 0 Å². The number of carbonyl (C=O) groups excluding carboxylic acids is 1. The van der Waals surface area contributed by atoms with Crippen molar-refractivity contribution >= 4 is 6.03 Å². The van der Waals surface area contributed by atoms with Crippen LogP contribution in [0, 0.1) is 12.7 Å². The summed E-state index contributed by atoms with van der Waals surface area (Å²) in [4.78, 5) is 18.7. The molecular weight excluding hydrogens is 337 g/mol. The summed E-state index contributed by atoms with van der Waals surface area (Å²) in [5.41, 5.74) is 0.697. The van der Waals surface area contributed by atoms with Crippen LogP contribution in [0.25, 0.3) is 0 Å². The first-order valence-corrected chi connectivity index (χ1v) is 8.75. The van der Waals surface area contributed by atoms with Crippen LogP contribution in [0.1, 0.15) is 48.9 Å². The minimum atomic E-state index is -0.436. The second-order valence-electron chi connectivity index (χ2n) is 6.61. The number of likely N-dealkylation sites (tertiary alicyclic amines) is 1. The summed E-state index contributed by atoms with van der Waals surface area (Å²) in [5.74, 6) is 1.66. The van der Waals surface area contributed by atoms with E-state index >= 15 is 0 Å². The Kier molecular flexibility index (Phi) is 5.39. The maximum Gasteiger partial charge on any atom is 0.317 e. The Bertz CT molecular complexity index is 771. The summed E-state index contributed by atoms with van der Waals surface area (Å²) in [5, 5.41) is 10.0. The van der Waals surface area contributed by atoms with E-state index in [1.165, 1.54) is 13.2 Å². The standard InChI is InChI=1S/C18H24FN5O2/c1-11(14-4-5-16(26-3)15(19)10-14)20-18(25)24-8-6-13(7-9-24)17-21-12(2)22-23-17/h4-5,10-11,13H,6-9H2,1-3H3,(H,20,25)(H,21,22,23). The van der Waals surface area contributed by atoms with Crippen LogP contribution >= 0.6 is 0 Å². The number of urea groups is 1. The van der Waals surface area contributed by atoms with E-state index in [4.69, 9.17) is 4.74 Å². The lowest BCUT2D eigenvalue weighted by Crippen LogP contribution is -2.44. The largest absolute Gasteiger partial charge is 0.494 e. The summed E-state index contributed by atoms with van der Waals surface area (Å²) in [7, 11) is 1.42. The molecule has 2 aromatic rings. The van der Waals surface area contributed by atoms with Crippen molar-refractivity contribution < 1.29 is 13.9 Å². The van der Waals surface area contributed by atoms with Crippen molar-refractivity contribution in [2.45, 2.75) is 38.6 Å². The molecule has 1 unspecified atom stereocenters. The number of ether oxygens (including phenoxy) is 1. The molecule has 1 fully saturated rings. The Labute approximate surface area is 151 Å². The number of aromatic nitrogens is 3. The van der Waals surface area contributed by atoms with Gasteiger partial charge in [-0.25, -0.2) is 14.2 Å². The van der Waals surface area contributed by atoms with Gasteiger partial charge in [0, 0.05) is 19.0 Å². The summed E-state index contributed by atoms with van der Waals surface area (Å²) in [6, 6.07) is 4.28. The van der Waals surface area contributed by atoms with Gasteiger partial charge in [0.2, 0.25) is 0 Å². The Morgan fingerprint density at radius 1 is 1.42 bits per heavy atom. The molecule has 3 rings (SSSR count). The second kappa shape index (κ2) is 7.72. The normalized spacial score (nSPS) is 16.4. The quantitative estimate of drug-likeness (QED) is 0.877. The third-order valence-corrected chi connectivity index (χ3v) is 4.78. The molecule has 1 aliphatic heterocycles. The lowest BCUT2D eigenvalue weighted by atomic mass is 9.96. The topological polar surface area (TPSA) is 83.1 Å². The number of hydrogen-bond acceptors (Lipinski definition) is 4. The molecule has 8 heteroatoms. The molecule has 1 aromatic carbocycles. The Morgan fingerprint density at radius 3 is 2.73 bits per heavy atom. The molecule has 0 spiro atoms. The number of methoxy groups -OCH3 is 1.